The molecule has 0 spiro atoms. The van der Waals surface area contributed by atoms with E-state index in [9.17, 15) is 0 Å². The van der Waals surface area contributed by atoms with Gasteiger partial charge < -0.3 is 15.2 Å². The second kappa shape index (κ2) is 7.22. The van der Waals surface area contributed by atoms with Crippen molar-refractivity contribution < 1.29 is 9.47 Å². The van der Waals surface area contributed by atoms with Crippen LogP contribution in [0, 0.1) is 0 Å². The van der Waals surface area contributed by atoms with Crippen LogP contribution in [0.3, 0.4) is 0 Å². The van der Waals surface area contributed by atoms with Crippen molar-refractivity contribution in [3.05, 3.63) is 0 Å². The number of ether oxygens (including phenoxy) is 2. The van der Waals surface area contributed by atoms with E-state index in [2.05, 4.69) is 18.9 Å². The quantitative estimate of drug-likeness (QED) is 0.659. The lowest BCUT2D eigenvalue weighted by atomic mass is 10.1. The van der Waals surface area contributed by atoms with Gasteiger partial charge in [-0.1, -0.05) is 0 Å². The molecular formula is C12H26N2O2. The first-order valence-corrected chi connectivity index (χ1v) is 6.23. The molecule has 0 aliphatic carbocycles. The fourth-order valence-corrected chi connectivity index (χ4v) is 2.36. The predicted octanol–water partition coefficient (Wildman–Crippen LogP) is 0.850. The maximum Gasteiger partial charge on any atom is 0.0746 e. The van der Waals surface area contributed by atoms with E-state index in [-0.39, 0.29) is 0 Å². The lowest BCUT2D eigenvalue weighted by Crippen LogP contribution is -2.46. The first-order valence-electron chi connectivity index (χ1n) is 6.23. The number of hydrogen-bond acceptors (Lipinski definition) is 4. The van der Waals surface area contributed by atoms with Crippen molar-refractivity contribution in [2.45, 2.75) is 44.4 Å². The zero-order valence-corrected chi connectivity index (χ0v) is 10.8. The molecular weight excluding hydrogens is 204 g/mol. The van der Waals surface area contributed by atoms with E-state index in [1.807, 2.05) is 0 Å². The van der Waals surface area contributed by atoms with Crippen LogP contribution in [0.1, 0.15) is 26.2 Å². The predicted molar refractivity (Wildman–Crippen MR) is 65.5 cm³/mol. The second-order valence-corrected chi connectivity index (χ2v) is 4.69. The average molecular weight is 230 g/mol. The minimum atomic E-state index is 0.313. The van der Waals surface area contributed by atoms with Crippen molar-refractivity contribution >= 4 is 0 Å². The van der Waals surface area contributed by atoms with Gasteiger partial charge in [0.05, 0.1) is 12.2 Å². The molecule has 0 aromatic heterocycles. The van der Waals surface area contributed by atoms with Crippen molar-refractivity contribution in [2.75, 3.05) is 33.9 Å². The molecule has 4 nitrogen and oxygen atoms in total. The molecule has 1 heterocycles. The fraction of sp³-hybridized carbons (Fsp3) is 1.00. The molecule has 3 atom stereocenters. The van der Waals surface area contributed by atoms with Gasteiger partial charge in [-0.2, -0.15) is 0 Å². The zero-order chi connectivity index (χ0) is 12.0. The van der Waals surface area contributed by atoms with Gasteiger partial charge >= 0.3 is 0 Å². The van der Waals surface area contributed by atoms with Crippen LogP contribution in [0.25, 0.3) is 0 Å². The summed E-state index contributed by atoms with van der Waals surface area (Å²) in [6.07, 6.45) is 4.05. The Kier molecular flexibility index (Phi) is 6.28. The van der Waals surface area contributed by atoms with Crippen LogP contribution in [0.4, 0.5) is 0 Å². The maximum absolute atomic E-state index is 5.89. The number of hydrogen-bond donors (Lipinski definition) is 1. The summed E-state index contributed by atoms with van der Waals surface area (Å²) in [7, 11) is 3.86. The van der Waals surface area contributed by atoms with E-state index in [1.54, 1.807) is 7.11 Å². The molecule has 0 saturated carbocycles. The summed E-state index contributed by atoms with van der Waals surface area (Å²) in [5.41, 5.74) is 5.85. The summed E-state index contributed by atoms with van der Waals surface area (Å²) in [5, 5.41) is 0. The Balaban J connectivity index is 2.34. The number of methoxy groups -OCH3 is 1. The lowest BCUT2D eigenvalue weighted by molar-refractivity contribution is 0.00129. The molecule has 0 bridgehead atoms. The molecule has 16 heavy (non-hydrogen) atoms. The lowest BCUT2D eigenvalue weighted by Gasteiger charge is -2.31. The molecule has 0 amide bonds. The summed E-state index contributed by atoms with van der Waals surface area (Å²) < 4.78 is 10.9. The Bertz CT molecular complexity index is 190. The van der Waals surface area contributed by atoms with Gasteiger partial charge in [-0.15, -0.1) is 0 Å². The van der Waals surface area contributed by atoms with Crippen LogP contribution in [-0.2, 0) is 9.47 Å². The molecule has 0 aromatic rings. The molecule has 3 unspecified atom stereocenters. The summed E-state index contributed by atoms with van der Waals surface area (Å²) >= 11 is 0. The van der Waals surface area contributed by atoms with E-state index in [0.29, 0.717) is 24.8 Å². The number of nitrogens with zero attached hydrogens (tertiary/aromatic N) is 1. The highest BCUT2D eigenvalue weighted by atomic mass is 16.5. The molecule has 2 N–H and O–H groups in total. The van der Waals surface area contributed by atoms with Crippen molar-refractivity contribution in [2.24, 2.45) is 5.73 Å². The van der Waals surface area contributed by atoms with Crippen molar-refractivity contribution in [1.82, 2.24) is 4.90 Å². The molecule has 1 saturated heterocycles. The van der Waals surface area contributed by atoms with Gasteiger partial charge in [0, 0.05) is 32.8 Å². The molecule has 1 aliphatic heterocycles. The van der Waals surface area contributed by atoms with Crippen molar-refractivity contribution in [3.8, 4) is 0 Å². The molecule has 96 valence electrons. The summed E-state index contributed by atoms with van der Waals surface area (Å²) in [6.45, 7) is 4.63. The monoisotopic (exact) mass is 230 g/mol. The van der Waals surface area contributed by atoms with Gasteiger partial charge in [-0.05, 0) is 33.2 Å². The summed E-state index contributed by atoms with van der Waals surface area (Å²) in [6, 6.07) is 0.349. The number of likely N-dealkylation sites (N-methyl/N-ethyl adjacent to an activating group) is 1. The van der Waals surface area contributed by atoms with Crippen molar-refractivity contribution in [1.29, 1.82) is 0 Å². The van der Waals surface area contributed by atoms with Crippen LogP contribution >= 0.6 is 0 Å². The average Bonchev–Trinajstić information content (AvgIpc) is 2.66. The minimum absolute atomic E-state index is 0.313. The SMILES string of the molecule is COCCCN(C)C(CN)C1CCC(C)O1. The standard InChI is InChI=1S/C12H26N2O2/c1-10-5-6-12(16-10)11(9-13)14(2)7-4-8-15-3/h10-12H,4-9,13H2,1-3H3. The first kappa shape index (κ1) is 13.9. The van der Waals surface area contributed by atoms with Gasteiger partial charge in [0.25, 0.3) is 0 Å². The fourth-order valence-electron chi connectivity index (χ4n) is 2.36. The second-order valence-electron chi connectivity index (χ2n) is 4.69. The van der Waals surface area contributed by atoms with Gasteiger partial charge in [0.15, 0.2) is 0 Å². The molecule has 1 rings (SSSR count). The molecule has 0 radical (unpaired) electrons. The third kappa shape index (κ3) is 4.01. The van der Waals surface area contributed by atoms with Gasteiger partial charge in [-0.3, -0.25) is 4.90 Å². The van der Waals surface area contributed by atoms with Crippen LogP contribution in [0.2, 0.25) is 0 Å². The Morgan fingerprint density at radius 2 is 2.25 bits per heavy atom. The highest BCUT2D eigenvalue weighted by Gasteiger charge is 2.30. The zero-order valence-electron chi connectivity index (χ0n) is 10.8. The largest absolute Gasteiger partial charge is 0.385 e. The highest BCUT2D eigenvalue weighted by molar-refractivity contribution is 4.84. The van der Waals surface area contributed by atoms with Gasteiger partial charge in [0.1, 0.15) is 0 Å². The van der Waals surface area contributed by atoms with Gasteiger partial charge in [0.2, 0.25) is 0 Å². The Morgan fingerprint density at radius 1 is 1.50 bits per heavy atom. The normalized spacial score (nSPS) is 27.6. The maximum atomic E-state index is 5.89. The Morgan fingerprint density at radius 3 is 2.75 bits per heavy atom. The van der Waals surface area contributed by atoms with E-state index >= 15 is 0 Å². The smallest absolute Gasteiger partial charge is 0.0746 e. The van der Waals surface area contributed by atoms with Crippen molar-refractivity contribution in [3.63, 3.8) is 0 Å². The summed E-state index contributed by atoms with van der Waals surface area (Å²) in [4.78, 5) is 2.31. The molecule has 0 aromatic carbocycles. The van der Waals surface area contributed by atoms with Crippen LogP contribution in [0.15, 0.2) is 0 Å². The molecule has 1 fully saturated rings. The molecule has 4 heteroatoms. The van der Waals surface area contributed by atoms with Crippen LogP contribution in [0.5, 0.6) is 0 Å². The molecule has 1 aliphatic rings. The van der Waals surface area contributed by atoms with E-state index < -0.39 is 0 Å². The van der Waals surface area contributed by atoms with Crippen LogP contribution in [-0.4, -0.2) is 57.0 Å². The Hall–Kier alpha value is -0.160. The Labute approximate surface area is 99.1 Å². The first-order chi connectivity index (χ1) is 7.69. The van der Waals surface area contributed by atoms with E-state index in [1.165, 1.54) is 0 Å². The third-order valence-corrected chi connectivity index (χ3v) is 3.36. The number of nitrogens with two attached hydrogens (primary N) is 1. The minimum Gasteiger partial charge on any atom is -0.385 e. The highest BCUT2D eigenvalue weighted by Crippen LogP contribution is 2.23. The summed E-state index contributed by atoms with van der Waals surface area (Å²) in [5.74, 6) is 0. The van der Waals surface area contributed by atoms with Gasteiger partial charge in [-0.25, -0.2) is 0 Å². The van der Waals surface area contributed by atoms with Crippen LogP contribution < -0.4 is 5.73 Å². The third-order valence-electron chi connectivity index (χ3n) is 3.36. The topological polar surface area (TPSA) is 47.7 Å². The van der Waals surface area contributed by atoms with E-state index in [0.717, 1.165) is 32.4 Å². The van der Waals surface area contributed by atoms with E-state index in [4.69, 9.17) is 15.2 Å². The number of rotatable bonds is 7.